The number of hydrogen-bond acceptors (Lipinski definition) is 4. The van der Waals surface area contributed by atoms with E-state index in [4.69, 9.17) is 0 Å². The number of benzene rings is 1. The molecule has 2 aromatic rings. The lowest BCUT2D eigenvalue weighted by Crippen LogP contribution is -2.10. The van der Waals surface area contributed by atoms with Crippen LogP contribution in [-0.2, 0) is 6.54 Å². The van der Waals surface area contributed by atoms with E-state index in [0.717, 1.165) is 28.6 Å². The van der Waals surface area contributed by atoms with E-state index in [0.29, 0.717) is 6.54 Å². The van der Waals surface area contributed by atoms with Crippen molar-refractivity contribution in [2.24, 2.45) is 0 Å². The normalized spacial score (nSPS) is 10.8. The van der Waals surface area contributed by atoms with Crippen LogP contribution in [0.3, 0.4) is 0 Å². The first-order valence-electron chi connectivity index (χ1n) is 7.06. The standard InChI is InChI=1S/C16H21FN4/c1-10(2)14-20-15(18-4)11(3)16(21-14)19-9-12-5-7-13(17)8-6-12/h5-8,10H,9H2,1-4H3,(H2,18,19,20,21). The van der Waals surface area contributed by atoms with Crippen LogP contribution in [0.1, 0.15) is 36.7 Å². The fraction of sp³-hybridized carbons (Fsp3) is 0.375. The first kappa shape index (κ1) is 15.2. The van der Waals surface area contributed by atoms with Gasteiger partial charge in [0.25, 0.3) is 0 Å². The summed E-state index contributed by atoms with van der Waals surface area (Å²) in [6.45, 7) is 6.70. The van der Waals surface area contributed by atoms with Gasteiger partial charge in [-0.05, 0) is 24.6 Å². The predicted octanol–water partition coefficient (Wildman–Crippen LogP) is 3.70. The summed E-state index contributed by atoms with van der Waals surface area (Å²) in [6, 6.07) is 6.45. The van der Waals surface area contributed by atoms with Gasteiger partial charge in [-0.1, -0.05) is 26.0 Å². The summed E-state index contributed by atoms with van der Waals surface area (Å²) in [6.07, 6.45) is 0. The molecule has 21 heavy (non-hydrogen) atoms. The molecular formula is C16H21FN4. The van der Waals surface area contributed by atoms with Crippen molar-refractivity contribution in [1.29, 1.82) is 0 Å². The Hall–Kier alpha value is -2.17. The van der Waals surface area contributed by atoms with Crippen molar-refractivity contribution < 1.29 is 4.39 Å². The third-order valence-electron chi connectivity index (χ3n) is 3.29. The molecule has 0 bridgehead atoms. The molecule has 1 heterocycles. The molecule has 0 amide bonds. The third-order valence-corrected chi connectivity index (χ3v) is 3.29. The van der Waals surface area contributed by atoms with Crippen LogP contribution >= 0.6 is 0 Å². The zero-order chi connectivity index (χ0) is 15.4. The minimum atomic E-state index is -0.225. The van der Waals surface area contributed by atoms with Gasteiger partial charge >= 0.3 is 0 Å². The van der Waals surface area contributed by atoms with Crippen LogP contribution in [0.25, 0.3) is 0 Å². The maximum atomic E-state index is 12.9. The molecule has 2 N–H and O–H groups in total. The number of rotatable bonds is 5. The van der Waals surface area contributed by atoms with Gasteiger partial charge in [-0.15, -0.1) is 0 Å². The second kappa shape index (κ2) is 6.52. The van der Waals surface area contributed by atoms with Gasteiger partial charge in [0, 0.05) is 25.1 Å². The van der Waals surface area contributed by atoms with Crippen molar-refractivity contribution in [3.63, 3.8) is 0 Å². The van der Waals surface area contributed by atoms with Gasteiger partial charge < -0.3 is 10.6 Å². The molecule has 0 unspecified atom stereocenters. The van der Waals surface area contributed by atoms with Crippen molar-refractivity contribution in [3.05, 3.63) is 47.0 Å². The molecule has 0 spiro atoms. The second-order valence-electron chi connectivity index (χ2n) is 5.29. The summed E-state index contributed by atoms with van der Waals surface area (Å²) < 4.78 is 12.9. The molecule has 5 heteroatoms. The van der Waals surface area contributed by atoms with Crippen LogP contribution in [0, 0.1) is 12.7 Å². The zero-order valence-electron chi connectivity index (χ0n) is 12.9. The molecule has 0 aliphatic carbocycles. The Bertz CT molecular complexity index is 608. The maximum Gasteiger partial charge on any atom is 0.135 e. The quantitative estimate of drug-likeness (QED) is 0.880. The first-order valence-corrected chi connectivity index (χ1v) is 7.06. The van der Waals surface area contributed by atoms with Crippen LogP contribution in [0.5, 0.6) is 0 Å². The Morgan fingerprint density at radius 3 is 2.29 bits per heavy atom. The van der Waals surface area contributed by atoms with E-state index in [1.54, 1.807) is 12.1 Å². The van der Waals surface area contributed by atoms with Gasteiger partial charge in [-0.2, -0.15) is 0 Å². The molecule has 4 nitrogen and oxygen atoms in total. The number of nitrogens with one attached hydrogen (secondary N) is 2. The van der Waals surface area contributed by atoms with E-state index < -0.39 is 0 Å². The van der Waals surface area contributed by atoms with Gasteiger partial charge in [-0.25, -0.2) is 14.4 Å². The smallest absolute Gasteiger partial charge is 0.135 e. The Kier molecular flexibility index (Phi) is 4.73. The minimum Gasteiger partial charge on any atom is -0.373 e. The monoisotopic (exact) mass is 288 g/mol. The number of aromatic nitrogens is 2. The van der Waals surface area contributed by atoms with E-state index >= 15 is 0 Å². The summed E-state index contributed by atoms with van der Waals surface area (Å²) in [5.74, 6) is 2.46. The Morgan fingerprint density at radius 2 is 1.71 bits per heavy atom. The van der Waals surface area contributed by atoms with Gasteiger partial charge in [0.15, 0.2) is 0 Å². The van der Waals surface area contributed by atoms with Crippen molar-refractivity contribution >= 4 is 11.6 Å². The molecule has 2 rings (SSSR count). The van der Waals surface area contributed by atoms with Gasteiger partial charge in [0.05, 0.1) is 0 Å². The summed E-state index contributed by atoms with van der Waals surface area (Å²) in [4.78, 5) is 9.08. The highest BCUT2D eigenvalue weighted by Crippen LogP contribution is 2.23. The van der Waals surface area contributed by atoms with Crippen molar-refractivity contribution in [3.8, 4) is 0 Å². The van der Waals surface area contributed by atoms with E-state index in [1.807, 2.05) is 14.0 Å². The van der Waals surface area contributed by atoms with Crippen molar-refractivity contribution in [2.75, 3.05) is 17.7 Å². The molecule has 0 saturated heterocycles. The fourth-order valence-corrected chi connectivity index (χ4v) is 2.00. The Balaban J connectivity index is 2.22. The zero-order valence-corrected chi connectivity index (χ0v) is 12.9. The molecule has 0 fully saturated rings. The highest BCUT2D eigenvalue weighted by Gasteiger charge is 2.12. The fourth-order valence-electron chi connectivity index (χ4n) is 2.00. The summed E-state index contributed by atoms with van der Waals surface area (Å²) >= 11 is 0. The van der Waals surface area contributed by atoms with Crippen molar-refractivity contribution in [1.82, 2.24) is 9.97 Å². The van der Waals surface area contributed by atoms with E-state index in [-0.39, 0.29) is 11.7 Å². The minimum absolute atomic E-state index is 0.225. The lowest BCUT2D eigenvalue weighted by atomic mass is 10.2. The van der Waals surface area contributed by atoms with E-state index in [2.05, 4.69) is 34.4 Å². The molecule has 1 aromatic heterocycles. The number of anilines is 2. The van der Waals surface area contributed by atoms with Crippen LogP contribution in [0.2, 0.25) is 0 Å². The van der Waals surface area contributed by atoms with Crippen molar-refractivity contribution in [2.45, 2.75) is 33.2 Å². The number of hydrogen-bond donors (Lipinski definition) is 2. The van der Waals surface area contributed by atoms with E-state index in [9.17, 15) is 4.39 Å². The van der Waals surface area contributed by atoms with E-state index in [1.165, 1.54) is 12.1 Å². The Morgan fingerprint density at radius 1 is 1.10 bits per heavy atom. The summed E-state index contributed by atoms with van der Waals surface area (Å²) in [5.41, 5.74) is 1.98. The van der Waals surface area contributed by atoms with Crippen LogP contribution < -0.4 is 10.6 Å². The molecule has 0 aliphatic heterocycles. The average molecular weight is 288 g/mol. The highest BCUT2D eigenvalue weighted by molar-refractivity contribution is 5.57. The molecule has 112 valence electrons. The lowest BCUT2D eigenvalue weighted by Gasteiger charge is -2.15. The molecule has 0 radical (unpaired) electrons. The average Bonchev–Trinajstić information content (AvgIpc) is 2.47. The highest BCUT2D eigenvalue weighted by atomic mass is 19.1. The lowest BCUT2D eigenvalue weighted by molar-refractivity contribution is 0.627. The summed E-state index contributed by atoms with van der Waals surface area (Å²) in [7, 11) is 1.85. The first-order chi connectivity index (χ1) is 10.0. The largest absolute Gasteiger partial charge is 0.373 e. The molecule has 0 atom stereocenters. The maximum absolute atomic E-state index is 12.9. The second-order valence-corrected chi connectivity index (χ2v) is 5.29. The molecule has 0 aliphatic rings. The summed E-state index contributed by atoms with van der Waals surface area (Å²) in [5, 5.41) is 6.40. The van der Waals surface area contributed by atoms with Crippen LogP contribution in [0.4, 0.5) is 16.0 Å². The van der Waals surface area contributed by atoms with Gasteiger partial charge in [0.2, 0.25) is 0 Å². The molecular weight excluding hydrogens is 267 g/mol. The van der Waals surface area contributed by atoms with Crippen LogP contribution in [0.15, 0.2) is 24.3 Å². The van der Waals surface area contributed by atoms with Gasteiger partial charge in [-0.3, -0.25) is 0 Å². The third kappa shape index (κ3) is 3.68. The SMILES string of the molecule is CNc1nc(C(C)C)nc(NCc2ccc(F)cc2)c1C. The number of nitrogens with zero attached hydrogens (tertiary/aromatic N) is 2. The Labute approximate surface area is 124 Å². The number of halogens is 1. The topological polar surface area (TPSA) is 49.8 Å². The van der Waals surface area contributed by atoms with Gasteiger partial charge in [0.1, 0.15) is 23.3 Å². The van der Waals surface area contributed by atoms with Crippen LogP contribution in [-0.4, -0.2) is 17.0 Å². The molecule has 0 saturated carbocycles. The molecule has 1 aromatic carbocycles. The predicted molar refractivity (Wildman–Crippen MR) is 84.1 cm³/mol.